The molecule has 2 aromatic carbocycles. The Morgan fingerprint density at radius 2 is 1.68 bits per heavy atom. The van der Waals surface area contributed by atoms with Crippen molar-refractivity contribution in [2.75, 3.05) is 13.7 Å². The van der Waals surface area contributed by atoms with Gasteiger partial charge >= 0.3 is 0 Å². The molecule has 0 aliphatic heterocycles. The summed E-state index contributed by atoms with van der Waals surface area (Å²) >= 11 is 6.99. The molecule has 2 rings (SSSR count). The minimum absolute atomic E-state index is 0.607. The van der Waals surface area contributed by atoms with Crippen molar-refractivity contribution < 1.29 is 9.47 Å². The molecule has 0 aliphatic rings. The summed E-state index contributed by atoms with van der Waals surface area (Å²) in [5, 5.41) is 3.43. The summed E-state index contributed by atoms with van der Waals surface area (Å²) in [5.74, 6) is 1.50. The van der Waals surface area contributed by atoms with E-state index in [4.69, 9.17) is 9.47 Å². The Morgan fingerprint density at radius 3 is 2.32 bits per heavy atom. The van der Waals surface area contributed by atoms with Crippen molar-refractivity contribution in [2.24, 2.45) is 0 Å². The summed E-state index contributed by atoms with van der Waals surface area (Å²) in [7, 11) is 1.66. The molecule has 0 spiro atoms. The van der Waals surface area contributed by atoms with E-state index in [9.17, 15) is 0 Å². The van der Waals surface area contributed by atoms with Crippen LogP contribution in [0.4, 0.5) is 0 Å². The number of rotatable bonds is 7. The number of methoxy groups -OCH3 is 1. The third kappa shape index (κ3) is 4.73. The van der Waals surface area contributed by atoms with Crippen LogP contribution in [0.2, 0.25) is 0 Å². The lowest BCUT2D eigenvalue weighted by Crippen LogP contribution is -2.13. The predicted molar refractivity (Wildman–Crippen MR) is 96.5 cm³/mol. The van der Waals surface area contributed by atoms with Crippen LogP contribution in [0.15, 0.2) is 45.3 Å². The molecular formula is C17H19Br2NO2. The zero-order valence-electron chi connectivity index (χ0n) is 12.7. The number of halogens is 2. The highest BCUT2D eigenvalue weighted by Gasteiger charge is 2.11. The normalized spacial score (nSPS) is 10.5. The van der Waals surface area contributed by atoms with Gasteiger partial charge in [0.05, 0.1) is 18.2 Å². The van der Waals surface area contributed by atoms with Gasteiger partial charge in [-0.1, -0.05) is 28.1 Å². The largest absolute Gasteiger partial charge is 0.493 e. The molecule has 3 nitrogen and oxygen atoms in total. The number of nitrogens with one attached hydrogen (secondary N) is 1. The SMILES string of the molecule is CCOc1c(Br)cc(CNCc2ccc(Br)cc2)cc1OC. The Hall–Kier alpha value is -1.04. The minimum atomic E-state index is 0.607. The van der Waals surface area contributed by atoms with Crippen LogP contribution < -0.4 is 14.8 Å². The second kappa shape index (κ2) is 8.56. The molecular weight excluding hydrogens is 410 g/mol. The monoisotopic (exact) mass is 427 g/mol. The van der Waals surface area contributed by atoms with Gasteiger partial charge in [0, 0.05) is 17.6 Å². The molecule has 0 radical (unpaired) electrons. The molecule has 0 aliphatic carbocycles. The average molecular weight is 429 g/mol. The van der Waals surface area contributed by atoms with E-state index in [-0.39, 0.29) is 0 Å². The first kappa shape index (κ1) is 17.3. The lowest BCUT2D eigenvalue weighted by Gasteiger charge is -2.14. The molecule has 0 unspecified atom stereocenters. The van der Waals surface area contributed by atoms with Gasteiger partial charge in [-0.3, -0.25) is 0 Å². The molecule has 0 saturated heterocycles. The molecule has 5 heteroatoms. The third-order valence-corrected chi connectivity index (χ3v) is 4.27. The Kier molecular flexibility index (Phi) is 6.73. The van der Waals surface area contributed by atoms with Crippen molar-refractivity contribution in [3.63, 3.8) is 0 Å². The molecule has 0 bridgehead atoms. The van der Waals surface area contributed by atoms with Crippen LogP contribution in [0, 0.1) is 0 Å². The Labute approximate surface area is 148 Å². The maximum absolute atomic E-state index is 5.60. The van der Waals surface area contributed by atoms with Crippen LogP contribution in [0.1, 0.15) is 18.1 Å². The average Bonchev–Trinajstić information content (AvgIpc) is 2.51. The van der Waals surface area contributed by atoms with Crippen molar-refractivity contribution in [1.29, 1.82) is 0 Å². The van der Waals surface area contributed by atoms with Crippen LogP contribution in [0.25, 0.3) is 0 Å². The molecule has 2 aromatic rings. The highest BCUT2D eigenvalue weighted by Crippen LogP contribution is 2.36. The van der Waals surface area contributed by atoms with E-state index in [1.165, 1.54) is 5.56 Å². The molecule has 0 atom stereocenters. The zero-order chi connectivity index (χ0) is 15.9. The maximum Gasteiger partial charge on any atom is 0.175 e. The second-order valence-corrected chi connectivity index (χ2v) is 6.54. The number of ether oxygens (including phenoxy) is 2. The second-order valence-electron chi connectivity index (χ2n) is 4.77. The maximum atomic E-state index is 5.60. The summed E-state index contributed by atoms with van der Waals surface area (Å²) in [6, 6.07) is 12.4. The molecule has 0 fully saturated rings. The van der Waals surface area contributed by atoms with Crippen LogP contribution in [0.5, 0.6) is 11.5 Å². The summed E-state index contributed by atoms with van der Waals surface area (Å²) in [6.07, 6.45) is 0. The fraction of sp³-hybridized carbons (Fsp3) is 0.294. The van der Waals surface area contributed by atoms with E-state index in [1.54, 1.807) is 7.11 Å². The number of benzene rings is 2. The lowest BCUT2D eigenvalue weighted by molar-refractivity contribution is 0.308. The van der Waals surface area contributed by atoms with Crippen LogP contribution in [0.3, 0.4) is 0 Å². The van der Waals surface area contributed by atoms with Gasteiger partial charge in [0.2, 0.25) is 0 Å². The van der Waals surface area contributed by atoms with Crippen molar-refractivity contribution in [3.8, 4) is 11.5 Å². The number of hydrogen-bond donors (Lipinski definition) is 1. The molecule has 22 heavy (non-hydrogen) atoms. The zero-order valence-corrected chi connectivity index (χ0v) is 15.8. The topological polar surface area (TPSA) is 30.5 Å². The van der Waals surface area contributed by atoms with Gasteiger partial charge in [-0.05, 0) is 58.2 Å². The quantitative estimate of drug-likeness (QED) is 0.679. The number of hydrogen-bond acceptors (Lipinski definition) is 3. The van der Waals surface area contributed by atoms with E-state index in [0.717, 1.165) is 39.1 Å². The van der Waals surface area contributed by atoms with E-state index >= 15 is 0 Å². The lowest BCUT2D eigenvalue weighted by atomic mass is 10.2. The molecule has 0 amide bonds. The van der Waals surface area contributed by atoms with Gasteiger partial charge in [0.15, 0.2) is 11.5 Å². The summed E-state index contributed by atoms with van der Waals surface area (Å²) < 4.78 is 13.0. The first-order valence-electron chi connectivity index (χ1n) is 7.08. The first-order chi connectivity index (χ1) is 10.6. The van der Waals surface area contributed by atoms with Crippen molar-refractivity contribution in [2.45, 2.75) is 20.0 Å². The predicted octanol–water partition coefficient (Wildman–Crippen LogP) is 4.91. The Bertz CT molecular complexity index is 615. The van der Waals surface area contributed by atoms with Gasteiger partial charge < -0.3 is 14.8 Å². The van der Waals surface area contributed by atoms with E-state index in [2.05, 4.69) is 55.4 Å². The molecule has 0 aromatic heterocycles. The van der Waals surface area contributed by atoms with E-state index in [0.29, 0.717) is 6.61 Å². The van der Waals surface area contributed by atoms with Crippen LogP contribution in [-0.4, -0.2) is 13.7 Å². The van der Waals surface area contributed by atoms with Crippen molar-refractivity contribution in [3.05, 3.63) is 56.5 Å². The summed E-state index contributed by atoms with van der Waals surface area (Å²) in [6.45, 7) is 4.15. The van der Waals surface area contributed by atoms with Crippen LogP contribution in [-0.2, 0) is 13.1 Å². The van der Waals surface area contributed by atoms with Gasteiger partial charge in [-0.2, -0.15) is 0 Å². The van der Waals surface area contributed by atoms with Gasteiger partial charge in [-0.25, -0.2) is 0 Å². The molecule has 118 valence electrons. The summed E-state index contributed by atoms with van der Waals surface area (Å²) in [4.78, 5) is 0. The standard InChI is InChI=1S/C17H19Br2NO2/c1-3-22-17-15(19)8-13(9-16(17)21-2)11-20-10-12-4-6-14(18)7-5-12/h4-9,20H,3,10-11H2,1-2H3. The summed E-state index contributed by atoms with van der Waals surface area (Å²) in [5.41, 5.74) is 2.39. The molecule has 1 N–H and O–H groups in total. The third-order valence-electron chi connectivity index (χ3n) is 3.15. The van der Waals surface area contributed by atoms with Gasteiger partial charge in [0.25, 0.3) is 0 Å². The Balaban J connectivity index is 2.00. The first-order valence-corrected chi connectivity index (χ1v) is 8.67. The van der Waals surface area contributed by atoms with Crippen molar-refractivity contribution in [1.82, 2.24) is 5.32 Å². The molecule has 0 saturated carbocycles. The highest BCUT2D eigenvalue weighted by molar-refractivity contribution is 9.10. The van der Waals surface area contributed by atoms with Gasteiger partial charge in [-0.15, -0.1) is 0 Å². The highest BCUT2D eigenvalue weighted by atomic mass is 79.9. The molecule has 0 heterocycles. The smallest absolute Gasteiger partial charge is 0.175 e. The van der Waals surface area contributed by atoms with Crippen molar-refractivity contribution >= 4 is 31.9 Å². The van der Waals surface area contributed by atoms with E-state index in [1.807, 2.05) is 25.1 Å². The minimum Gasteiger partial charge on any atom is -0.493 e. The fourth-order valence-electron chi connectivity index (χ4n) is 2.11. The van der Waals surface area contributed by atoms with E-state index < -0.39 is 0 Å². The fourth-order valence-corrected chi connectivity index (χ4v) is 2.98. The van der Waals surface area contributed by atoms with Crippen LogP contribution >= 0.6 is 31.9 Å². The Morgan fingerprint density at radius 1 is 1.00 bits per heavy atom. The van der Waals surface area contributed by atoms with Gasteiger partial charge in [0.1, 0.15) is 0 Å².